The first-order chi connectivity index (χ1) is 20.8. The minimum atomic E-state index is -0.746. The molecule has 0 heterocycles. The van der Waals surface area contributed by atoms with Gasteiger partial charge in [0.05, 0.1) is 46.2 Å². The summed E-state index contributed by atoms with van der Waals surface area (Å²) in [5, 5.41) is 0. The summed E-state index contributed by atoms with van der Waals surface area (Å²) >= 11 is 0. The number of carbonyl (C=O) groups excluding carboxylic acids is 1. The molecular weight excluding hydrogens is 528 g/mol. The van der Waals surface area contributed by atoms with E-state index in [-0.39, 0.29) is 12.6 Å². The Morgan fingerprint density at radius 3 is 1.40 bits per heavy atom. The van der Waals surface area contributed by atoms with Crippen LogP contribution in [0.5, 0.6) is 0 Å². The standard InChI is InChI=1S/C36H48O6/c1-2-3-4-5-6-16-23-35(37)41-30-28-39-26-24-38-25-27-40-29-31-42-36(32-17-10-7-11-18-32,33-19-12-8-13-20-33)34-21-14-9-15-22-34/h7-15,17-22H,2-6,16,23-31H2,1H3. The third-order valence-electron chi connectivity index (χ3n) is 7.06. The Kier molecular flexibility index (Phi) is 16.6. The van der Waals surface area contributed by atoms with Crippen molar-refractivity contribution >= 4 is 5.97 Å². The second-order valence-corrected chi connectivity index (χ2v) is 10.2. The summed E-state index contributed by atoms with van der Waals surface area (Å²) in [6.45, 7) is 5.58. The molecule has 0 aliphatic heterocycles. The van der Waals surface area contributed by atoms with Crippen molar-refractivity contribution in [3.8, 4) is 0 Å². The maximum Gasteiger partial charge on any atom is 0.305 e. The third kappa shape index (κ3) is 11.7. The van der Waals surface area contributed by atoms with Crippen LogP contribution in [0.1, 0.15) is 68.6 Å². The topological polar surface area (TPSA) is 63.2 Å². The molecule has 42 heavy (non-hydrogen) atoms. The number of hydrogen-bond donors (Lipinski definition) is 0. The van der Waals surface area contributed by atoms with Gasteiger partial charge >= 0.3 is 5.97 Å². The highest BCUT2D eigenvalue weighted by atomic mass is 16.6. The maximum atomic E-state index is 11.8. The molecule has 0 aromatic heterocycles. The highest BCUT2D eigenvalue weighted by Gasteiger charge is 2.37. The van der Waals surface area contributed by atoms with Crippen LogP contribution < -0.4 is 0 Å². The van der Waals surface area contributed by atoms with Crippen molar-refractivity contribution in [2.45, 2.75) is 57.5 Å². The van der Waals surface area contributed by atoms with E-state index in [1.165, 1.54) is 25.7 Å². The van der Waals surface area contributed by atoms with E-state index in [9.17, 15) is 4.79 Å². The fourth-order valence-electron chi connectivity index (χ4n) is 4.90. The lowest BCUT2D eigenvalue weighted by Gasteiger charge is -2.36. The number of unbranched alkanes of at least 4 members (excludes halogenated alkanes) is 5. The van der Waals surface area contributed by atoms with Gasteiger partial charge in [-0.25, -0.2) is 0 Å². The van der Waals surface area contributed by atoms with Gasteiger partial charge in [0.25, 0.3) is 0 Å². The molecule has 0 N–H and O–H groups in total. The van der Waals surface area contributed by atoms with Crippen LogP contribution in [-0.4, -0.2) is 58.8 Å². The van der Waals surface area contributed by atoms with E-state index >= 15 is 0 Å². The van der Waals surface area contributed by atoms with Crippen LogP contribution in [0.2, 0.25) is 0 Å². The SMILES string of the molecule is CCCCCCCCC(=O)OCCOCCOCCOCCOC(c1ccccc1)(c1ccccc1)c1ccccc1. The van der Waals surface area contributed by atoms with E-state index in [1.54, 1.807) is 0 Å². The summed E-state index contributed by atoms with van der Waals surface area (Å²) in [5.74, 6) is -0.139. The summed E-state index contributed by atoms with van der Waals surface area (Å²) in [6.07, 6.45) is 7.44. The van der Waals surface area contributed by atoms with Crippen molar-refractivity contribution in [3.63, 3.8) is 0 Å². The van der Waals surface area contributed by atoms with Crippen LogP contribution >= 0.6 is 0 Å². The number of carbonyl (C=O) groups is 1. The molecule has 3 aromatic rings. The summed E-state index contributed by atoms with van der Waals surface area (Å²) in [7, 11) is 0. The van der Waals surface area contributed by atoms with Crippen LogP contribution in [0.4, 0.5) is 0 Å². The second kappa shape index (κ2) is 20.8. The third-order valence-corrected chi connectivity index (χ3v) is 7.06. The van der Waals surface area contributed by atoms with Crippen molar-refractivity contribution in [2.75, 3.05) is 52.9 Å². The Hall–Kier alpha value is -3.03. The van der Waals surface area contributed by atoms with Gasteiger partial charge in [-0.2, -0.15) is 0 Å². The highest BCUT2D eigenvalue weighted by molar-refractivity contribution is 5.69. The van der Waals surface area contributed by atoms with E-state index < -0.39 is 5.60 Å². The summed E-state index contributed by atoms with van der Waals surface area (Å²) < 4.78 is 28.9. The van der Waals surface area contributed by atoms with Crippen LogP contribution in [0, 0.1) is 0 Å². The zero-order valence-electron chi connectivity index (χ0n) is 25.2. The fourth-order valence-corrected chi connectivity index (χ4v) is 4.90. The quantitative estimate of drug-likeness (QED) is 0.0669. The van der Waals surface area contributed by atoms with Crippen molar-refractivity contribution in [3.05, 3.63) is 108 Å². The molecule has 6 heteroatoms. The molecule has 228 valence electrons. The molecule has 6 nitrogen and oxygen atoms in total. The Morgan fingerprint density at radius 1 is 0.524 bits per heavy atom. The lowest BCUT2D eigenvalue weighted by atomic mass is 9.80. The van der Waals surface area contributed by atoms with Gasteiger partial charge in [-0.3, -0.25) is 4.79 Å². The maximum absolute atomic E-state index is 11.8. The van der Waals surface area contributed by atoms with Gasteiger partial charge in [0.1, 0.15) is 12.2 Å². The molecule has 0 amide bonds. The van der Waals surface area contributed by atoms with Crippen molar-refractivity contribution in [2.24, 2.45) is 0 Å². The monoisotopic (exact) mass is 576 g/mol. The van der Waals surface area contributed by atoms with Gasteiger partial charge in [0.2, 0.25) is 0 Å². The first-order valence-electron chi connectivity index (χ1n) is 15.5. The van der Waals surface area contributed by atoms with E-state index in [0.717, 1.165) is 29.5 Å². The zero-order valence-corrected chi connectivity index (χ0v) is 25.2. The van der Waals surface area contributed by atoms with E-state index in [2.05, 4.69) is 43.3 Å². The number of benzene rings is 3. The Morgan fingerprint density at radius 2 is 0.929 bits per heavy atom. The summed E-state index contributed by atoms with van der Waals surface area (Å²) in [6, 6.07) is 31.0. The lowest BCUT2D eigenvalue weighted by molar-refractivity contribution is -0.145. The number of hydrogen-bond acceptors (Lipinski definition) is 6. The molecule has 0 bridgehead atoms. The average Bonchev–Trinajstić information content (AvgIpc) is 3.04. The van der Waals surface area contributed by atoms with Crippen molar-refractivity contribution < 1.29 is 28.5 Å². The molecular formula is C36H48O6. The minimum Gasteiger partial charge on any atom is -0.463 e. The first kappa shape index (κ1) is 33.5. The molecule has 3 rings (SSSR count). The summed E-state index contributed by atoms with van der Waals surface area (Å²) in [5.41, 5.74) is 2.46. The van der Waals surface area contributed by atoms with Crippen LogP contribution in [0.3, 0.4) is 0 Å². The highest BCUT2D eigenvalue weighted by Crippen LogP contribution is 2.40. The largest absolute Gasteiger partial charge is 0.463 e. The molecule has 0 saturated heterocycles. The van der Waals surface area contributed by atoms with Gasteiger partial charge in [-0.1, -0.05) is 130 Å². The molecule has 0 saturated carbocycles. The van der Waals surface area contributed by atoms with Crippen molar-refractivity contribution in [1.29, 1.82) is 0 Å². The molecule has 0 unspecified atom stereocenters. The van der Waals surface area contributed by atoms with Gasteiger partial charge < -0.3 is 23.7 Å². The smallest absolute Gasteiger partial charge is 0.305 e. The van der Waals surface area contributed by atoms with Crippen LogP contribution in [-0.2, 0) is 34.1 Å². The van der Waals surface area contributed by atoms with Gasteiger partial charge in [0, 0.05) is 6.42 Å². The Balaban J connectivity index is 1.30. The number of rotatable bonds is 23. The Labute approximate surface area is 252 Å². The zero-order chi connectivity index (χ0) is 29.6. The van der Waals surface area contributed by atoms with Crippen LogP contribution in [0.25, 0.3) is 0 Å². The molecule has 0 atom stereocenters. The van der Waals surface area contributed by atoms with Gasteiger partial charge in [-0.15, -0.1) is 0 Å². The number of esters is 1. The van der Waals surface area contributed by atoms with E-state index in [4.69, 9.17) is 23.7 Å². The molecule has 0 fully saturated rings. The molecule has 0 aliphatic rings. The lowest BCUT2D eigenvalue weighted by Crippen LogP contribution is -2.34. The number of ether oxygens (including phenoxy) is 5. The minimum absolute atomic E-state index is 0.139. The van der Waals surface area contributed by atoms with E-state index in [1.807, 2.05) is 54.6 Å². The molecule has 3 aromatic carbocycles. The normalized spacial score (nSPS) is 11.5. The fraction of sp³-hybridized carbons (Fsp3) is 0.472. The van der Waals surface area contributed by atoms with Gasteiger partial charge in [0.15, 0.2) is 0 Å². The molecule has 0 radical (unpaired) electrons. The first-order valence-corrected chi connectivity index (χ1v) is 15.5. The van der Waals surface area contributed by atoms with Crippen molar-refractivity contribution in [1.82, 2.24) is 0 Å². The molecule has 0 spiro atoms. The van der Waals surface area contributed by atoms with Crippen LogP contribution in [0.15, 0.2) is 91.0 Å². The molecule has 0 aliphatic carbocycles. The second-order valence-electron chi connectivity index (χ2n) is 10.2. The van der Waals surface area contributed by atoms with Gasteiger partial charge in [-0.05, 0) is 23.1 Å². The Bertz CT molecular complexity index is 977. The average molecular weight is 577 g/mol. The van der Waals surface area contributed by atoms with E-state index in [0.29, 0.717) is 52.7 Å². The predicted molar refractivity (Wildman–Crippen MR) is 167 cm³/mol. The predicted octanol–water partition coefficient (Wildman–Crippen LogP) is 7.34. The summed E-state index contributed by atoms with van der Waals surface area (Å²) in [4.78, 5) is 11.8.